The number of benzene rings is 1. The molecule has 8 heteroatoms. The molecule has 2 aliphatic rings. The molecule has 1 aromatic rings. The number of hydrogen-bond acceptors (Lipinski definition) is 3. The van der Waals surface area contributed by atoms with Crippen molar-refractivity contribution in [1.82, 2.24) is 10.2 Å². The summed E-state index contributed by atoms with van der Waals surface area (Å²) >= 11 is 5.79. The second-order valence-electron chi connectivity index (χ2n) is 7.03. The highest BCUT2D eigenvalue weighted by atomic mass is 35.5. The van der Waals surface area contributed by atoms with Crippen LogP contribution in [0.25, 0.3) is 0 Å². The fourth-order valence-electron chi connectivity index (χ4n) is 3.74. The molecule has 4 amide bonds. The van der Waals surface area contributed by atoms with Crippen molar-refractivity contribution in [3.05, 3.63) is 29.0 Å². The molecule has 1 heterocycles. The Morgan fingerprint density at radius 2 is 2.04 bits per heavy atom. The van der Waals surface area contributed by atoms with Crippen LogP contribution < -0.4 is 10.6 Å². The van der Waals surface area contributed by atoms with E-state index in [1.165, 1.54) is 12.1 Å². The summed E-state index contributed by atoms with van der Waals surface area (Å²) in [5.41, 5.74) is -1.08. The largest absolute Gasteiger partial charge is 0.325 e. The minimum absolute atomic E-state index is 0.0612. The first-order valence-electron chi connectivity index (χ1n) is 8.70. The molecule has 3 rings (SSSR count). The van der Waals surface area contributed by atoms with Crippen LogP contribution in [0.15, 0.2) is 18.2 Å². The van der Waals surface area contributed by atoms with Crippen molar-refractivity contribution in [2.24, 2.45) is 5.92 Å². The minimum Gasteiger partial charge on any atom is -0.323 e. The first-order valence-corrected chi connectivity index (χ1v) is 9.08. The van der Waals surface area contributed by atoms with Crippen molar-refractivity contribution < 1.29 is 18.8 Å². The van der Waals surface area contributed by atoms with E-state index in [9.17, 15) is 18.8 Å². The van der Waals surface area contributed by atoms with Crippen LogP contribution in [0.1, 0.15) is 39.0 Å². The van der Waals surface area contributed by atoms with Crippen molar-refractivity contribution in [1.29, 1.82) is 0 Å². The summed E-state index contributed by atoms with van der Waals surface area (Å²) in [5, 5.41) is 5.37. The van der Waals surface area contributed by atoms with E-state index in [1.807, 2.05) is 0 Å². The predicted molar refractivity (Wildman–Crippen MR) is 95.3 cm³/mol. The molecular formula is C18H21ClFN3O3. The summed E-state index contributed by atoms with van der Waals surface area (Å²) in [6.45, 7) is 1.25. The number of urea groups is 1. The quantitative estimate of drug-likeness (QED) is 0.785. The number of amides is 4. The van der Waals surface area contributed by atoms with Crippen LogP contribution in [0.2, 0.25) is 5.02 Å². The van der Waals surface area contributed by atoms with Gasteiger partial charge in [-0.15, -0.1) is 0 Å². The zero-order valence-corrected chi connectivity index (χ0v) is 15.2. The maximum atomic E-state index is 13.7. The van der Waals surface area contributed by atoms with E-state index in [0.717, 1.165) is 43.1 Å². The van der Waals surface area contributed by atoms with Crippen LogP contribution in [0.5, 0.6) is 0 Å². The standard InChI is InChI=1S/C18H21ClFN3O3/c1-18(11-5-3-2-4-6-11)16(25)23(17(26)22-18)10-15(24)21-14-9-12(19)7-8-13(14)20/h7-9,11H,2-6,10H2,1H3,(H,21,24)(H,22,26)/t18-/m1/s1. The molecular weight excluding hydrogens is 361 g/mol. The van der Waals surface area contributed by atoms with E-state index in [-0.39, 0.29) is 16.6 Å². The van der Waals surface area contributed by atoms with E-state index < -0.39 is 35.7 Å². The fourth-order valence-corrected chi connectivity index (χ4v) is 3.91. The number of nitrogens with one attached hydrogen (secondary N) is 2. The Labute approximate surface area is 156 Å². The van der Waals surface area contributed by atoms with E-state index in [2.05, 4.69) is 10.6 Å². The van der Waals surface area contributed by atoms with Gasteiger partial charge in [-0.3, -0.25) is 14.5 Å². The van der Waals surface area contributed by atoms with Crippen LogP contribution >= 0.6 is 11.6 Å². The molecule has 0 spiro atoms. The summed E-state index contributed by atoms with van der Waals surface area (Å²) in [5.74, 6) is -1.66. The highest BCUT2D eigenvalue weighted by Crippen LogP contribution is 2.36. The molecule has 1 saturated heterocycles. The lowest BCUT2D eigenvalue weighted by molar-refractivity contribution is -0.135. The third kappa shape index (κ3) is 3.53. The summed E-state index contributed by atoms with van der Waals surface area (Å²) in [4.78, 5) is 38.2. The third-order valence-electron chi connectivity index (χ3n) is 5.23. The lowest BCUT2D eigenvalue weighted by atomic mass is 9.75. The fraction of sp³-hybridized carbons (Fsp3) is 0.500. The lowest BCUT2D eigenvalue weighted by Gasteiger charge is -2.34. The van der Waals surface area contributed by atoms with Gasteiger partial charge in [0.1, 0.15) is 17.9 Å². The van der Waals surface area contributed by atoms with Gasteiger partial charge in [0.25, 0.3) is 5.91 Å². The van der Waals surface area contributed by atoms with Crippen LogP contribution in [-0.2, 0) is 9.59 Å². The molecule has 1 saturated carbocycles. The van der Waals surface area contributed by atoms with Crippen molar-refractivity contribution >= 4 is 35.1 Å². The Balaban J connectivity index is 1.69. The number of imide groups is 1. The van der Waals surface area contributed by atoms with Crippen molar-refractivity contribution in [2.75, 3.05) is 11.9 Å². The van der Waals surface area contributed by atoms with Crippen LogP contribution in [0, 0.1) is 11.7 Å². The molecule has 1 aliphatic heterocycles. The minimum atomic E-state index is -0.987. The second kappa shape index (κ2) is 7.23. The van der Waals surface area contributed by atoms with Gasteiger partial charge in [0.05, 0.1) is 5.69 Å². The Morgan fingerprint density at radius 1 is 1.35 bits per heavy atom. The molecule has 140 valence electrons. The topological polar surface area (TPSA) is 78.5 Å². The highest BCUT2D eigenvalue weighted by Gasteiger charge is 2.52. The lowest BCUT2D eigenvalue weighted by Crippen LogP contribution is -2.51. The SMILES string of the molecule is C[C@]1(C2CCCCC2)NC(=O)N(CC(=O)Nc2cc(Cl)ccc2F)C1=O. The maximum absolute atomic E-state index is 13.7. The van der Waals surface area contributed by atoms with Crippen LogP contribution in [0.4, 0.5) is 14.9 Å². The van der Waals surface area contributed by atoms with Crippen molar-refractivity contribution in [3.8, 4) is 0 Å². The van der Waals surface area contributed by atoms with E-state index in [1.54, 1.807) is 6.92 Å². The molecule has 0 bridgehead atoms. The number of carbonyl (C=O) groups is 3. The molecule has 2 fully saturated rings. The Bertz CT molecular complexity index is 751. The van der Waals surface area contributed by atoms with Gasteiger partial charge in [0.2, 0.25) is 5.91 Å². The van der Waals surface area contributed by atoms with Gasteiger partial charge >= 0.3 is 6.03 Å². The number of rotatable bonds is 4. The number of halogens is 2. The summed E-state index contributed by atoms with van der Waals surface area (Å²) < 4.78 is 13.7. The highest BCUT2D eigenvalue weighted by molar-refractivity contribution is 6.30. The Kier molecular flexibility index (Phi) is 5.18. The number of hydrogen-bond donors (Lipinski definition) is 2. The van der Waals surface area contributed by atoms with Crippen LogP contribution in [0.3, 0.4) is 0 Å². The van der Waals surface area contributed by atoms with Gasteiger partial charge < -0.3 is 10.6 Å². The molecule has 26 heavy (non-hydrogen) atoms. The molecule has 2 N–H and O–H groups in total. The van der Waals surface area contributed by atoms with Gasteiger partial charge in [-0.1, -0.05) is 30.9 Å². The van der Waals surface area contributed by atoms with Gasteiger partial charge in [0, 0.05) is 5.02 Å². The van der Waals surface area contributed by atoms with E-state index in [4.69, 9.17) is 11.6 Å². The molecule has 0 aromatic heterocycles. The molecule has 1 atom stereocenters. The predicted octanol–water partition coefficient (Wildman–Crippen LogP) is 3.31. The Hall–Kier alpha value is -2.15. The zero-order valence-electron chi connectivity index (χ0n) is 14.5. The molecule has 6 nitrogen and oxygen atoms in total. The molecule has 1 aliphatic carbocycles. The maximum Gasteiger partial charge on any atom is 0.325 e. The average Bonchev–Trinajstić information content (AvgIpc) is 2.83. The first kappa shape index (κ1) is 18.6. The monoisotopic (exact) mass is 381 g/mol. The number of carbonyl (C=O) groups excluding carboxylic acids is 3. The number of nitrogens with zero attached hydrogens (tertiary/aromatic N) is 1. The van der Waals surface area contributed by atoms with Gasteiger partial charge in [0.15, 0.2) is 0 Å². The van der Waals surface area contributed by atoms with Crippen LogP contribution in [-0.4, -0.2) is 34.8 Å². The Morgan fingerprint density at radius 3 is 2.73 bits per heavy atom. The van der Waals surface area contributed by atoms with Crippen molar-refractivity contribution in [2.45, 2.75) is 44.6 Å². The molecule has 0 unspecified atom stereocenters. The average molecular weight is 382 g/mol. The van der Waals surface area contributed by atoms with Gasteiger partial charge in [-0.25, -0.2) is 9.18 Å². The number of anilines is 1. The smallest absolute Gasteiger partial charge is 0.323 e. The third-order valence-corrected chi connectivity index (χ3v) is 5.46. The normalized spacial score (nSPS) is 23.9. The summed E-state index contributed by atoms with van der Waals surface area (Å²) in [7, 11) is 0. The van der Waals surface area contributed by atoms with E-state index in [0.29, 0.717) is 0 Å². The summed E-state index contributed by atoms with van der Waals surface area (Å²) in [6.07, 6.45) is 4.93. The molecule has 0 radical (unpaired) electrons. The van der Waals surface area contributed by atoms with E-state index >= 15 is 0 Å². The summed E-state index contributed by atoms with van der Waals surface area (Å²) in [6, 6.07) is 3.17. The van der Waals surface area contributed by atoms with Gasteiger partial charge in [-0.05, 0) is 43.9 Å². The van der Waals surface area contributed by atoms with Crippen molar-refractivity contribution in [3.63, 3.8) is 0 Å². The zero-order chi connectivity index (χ0) is 18.9. The second-order valence-corrected chi connectivity index (χ2v) is 7.47. The van der Waals surface area contributed by atoms with Gasteiger partial charge in [-0.2, -0.15) is 0 Å². The molecule has 1 aromatic carbocycles. The first-order chi connectivity index (χ1) is 12.3.